The van der Waals surface area contributed by atoms with Crippen molar-refractivity contribution in [1.82, 2.24) is 10.6 Å². The lowest BCUT2D eigenvalue weighted by atomic mass is 9.98. The third-order valence-corrected chi connectivity index (χ3v) is 4.27. The summed E-state index contributed by atoms with van der Waals surface area (Å²) in [6.45, 7) is 3.22. The van der Waals surface area contributed by atoms with Gasteiger partial charge in [-0.25, -0.2) is 0 Å². The zero-order valence-corrected chi connectivity index (χ0v) is 14.5. The summed E-state index contributed by atoms with van der Waals surface area (Å²) >= 11 is 0. The standard InChI is InChI=1S/C19H28N2O3/c1-15-8-10-16(11-9-15)19(23)21-14-18(22)20-12-5-13-24-17-6-3-2-4-7-17/h8-11,17H,2-7,12-14H2,1H3,(H,20,22)(H,21,23). The van der Waals surface area contributed by atoms with E-state index in [1.807, 2.05) is 19.1 Å². The molecule has 0 unspecified atom stereocenters. The molecule has 2 N–H and O–H groups in total. The zero-order valence-electron chi connectivity index (χ0n) is 14.5. The maximum Gasteiger partial charge on any atom is 0.251 e. The first kappa shape index (κ1) is 18.5. The summed E-state index contributed by atoms with van der Waals surface area (Å²) < 4.78 is 5.81. The number of rotatable bonds is 8. The molecule has 0 aromatic heterocycles. The van der Waals surface area contributed by atoms with Gasteiger partial charge in [-0.2, -0.15) is 0 Å². The maximum absolute atomic E-state index is 11.9. The zero-order chi connectivity index (χ0) is 17.2. The molecule has 0 radical (unpaired) electrons. The van der Waals surface area contributed by atoms with Gasteiger partial charge in [0.25, 0.3) is 5.91 Å². The molecule has 0 bridgehead atoms. The van der Waals surface area contributed by atoms with Crippen LogP contribution in [0.1, 0.15) is 54.4 Å². The number of carbonyl (C=O) groups is 2. The van der Waals surface area contributed by atoms with Gasteiger partial charge in [0.05, 0.1) is 12.6 Å². The van der Waals surface area contributed by atoms with Gasteiger partial charge >= 0.3 is 0 Å². The normalized spacial score (nSPS) is 15.0. The molecule has 1 aromatic rings. The summed E-state index contributed by atoms with van der Waals surface area (Å²) in [5.41, 5.74) is 1.66. The Morgan fingerprint density at radius 1 is 1.08 bits per heavy atom. The minimum atomic E-state index is -0.231. The van der Waals surface area contributed by atoms with Gasteiger partial charge in [0.2, 0.25) is 5.91 Å². The van der Waals surface area contributed by atoms with Crippen molar-refractivity contribution in [2.75, 3.05) is 19.7 Å². The predicted octanol–water partition coefficient (Wildman–Crippen LogP) is 2.58. The molecule has 0 heterocycles. The lowest BCUT2D eigenvalue weighted by Crippen LogP contribution is -2.37. The Morgan fingerprint density at radius 3 is 2.50 bits per heavy atom. The van der Waals surface area contributed by atoms with Crippen LogP contribution in [0, 0.1) is 6.92 Å². The number of amides is 2. The first-order valence-corrected chi connectivity index (χ1v) is 8.88. The van der Waals surface area contributed by atoms with Crippen LogP contribution in [0.3, 0.4) is 0 Å². The number of carbonyl (C=O) groups excluding carboxylic acids is 2. The summed E-state index contributed by atoms with van der Waals surface area (Å²) in [7, 11) is 0. The fraction of sp³-hybridized carbons (Fsp3) is 0.579. The van der Waals surface area contributed by atoms with Crippen LogP contribution in [0.2, 0.25) is 0 Å². The Balaban J connectivity index is 1.53. The smallest absolute Gasteiger partial charge is 0.251 e. The Kier molecular flexibility index (Phi) is 7.75. The summed E-state index contributed by atoms with van der Waals surface area (Å²) in [6.07, 6.45) is 7.39. The van der Waals surface area contributed by atoms with Crippen molar-refractivity contribution >= 4 is 11.8 Å². The van der Waals surface area contributed by atoms with E-state index in [4.69, 9.17) is 4.74 Å². The number of benzene rings is 1. The van der Waals surface area contributed by atoms with Gasteiger partial charge in [0.15, 0.2) is 0 Å². The van der Waals surface area contributed by atoms with Crippen LogP contribution in [0.5, 0.6) is 0 Å². The van der Waals surface area contributed by atoms with E-state index in [2.05, 4.69) is 10.6 Å². The number of ether oxygens (including phenoxy) is 1. The molecular formula is C19H28N2O3. The molecule has 5 heteroatoms. The highest BCUT2D eigenvalue weighted by Crippen LogP contribution is 2.20. The van der Waals surface area contributed by atoms with Gasteiger partial charge < -0.3 is 15.4 Å². The Labute approximate surface area is 144 Å². The SMILES string of the molecule is Cc1ccc(C(=O)NCC(=O)NCCCOC2CCCCC2)cc1. The molecule has 1 aliphatic rings. The first-order valence-electron chi connectivity index (χ1n) is 8.88. The van der Waals surface area contributed by atoms with E-state index in [0.717, 1.165) is 24.8 Å². The molecule has 1 fully saturated rings. The van der Waals surface area contributed by atoms with E-state index in [1.165, 1.54) is 19.3 Å². The fourth-order valence-electron chi connectivity index (χ4n) is 2.81. The van der Waals surface area contributed by atoms with Gasteiger partial charge in [-0.1, -0.05) is 37.0 Å². The van der Waals surface area contributed by atoms with Crippen molar-refractivity contribution in [2.45, 2.75) is 51.6 Å². The van der Waals surface area contributed by atoms with Crippen LogP contribution < -0.4 is 10.6 Å². The predicted molar refractivity (Wildman–Crippen MR) is 94.0 cm³/mol. The van der Waals surface area contributed by atoms with Crippen molar-refractivity contribution in [3.05, 3.63) is 35.4 Å². The van der Waals surface area contributed by atoms with E-state index in [-0.39, 0.29) is 18.4 Å². The van der Waals surface area contributed by atoms with Crippen LogP contribution in [-0.4, -0.2) is 37.6 Å². The average molecular weight is 332 g/mol. The summed E-state index contributed by atoms with van der Waals surface area (Å²) in [4.78, 5) is 23.6. The monoisotopic (exact) mass is 332 g/mol. The van der Waals surface area contributed by atoms with Crippen LogP contribution in [0.15, 0.2) is 24.3 Å². The molecule has 5 nitrogen and oxygen atoms in total. The van der Waals surface area contributed by atoms with Gasteiger partial charge in [-0.05, 0) is 38.3 Å². The Morgan fingerprint density at radius 2 is 1.79 bits per heavy atom. The van der Waals surface area contributed by atoms with E-state index < -0.39 is 0 Å². The molecular weight excluding hydrogens is 304 g/mol. The van der Waals surface area contributed by atoms with Crippen molar-refractivity contribution in [1.29, 1.82) is 0 Å². The van der Waals surface area contributed by atoms with Crippen molar-refractivity contribution in [3.8, 4) is 0 Å². The maximum atomic E-state index is 11.9. The Hall–Kier alpha value is -1.88. The van der Waals surface area contributed by atoms with Gasteiger partial charge in [-0.15, -0.1) is 0 Å². The molecule has 0 atom stereocenters. The number of nitrogens with one attached hydrogen (secondary N) is 2. The number of aryl methyl sites for hydroxylation is 1. The fourth-order valence-corrected chi connectivity index (χ4v) is 2.81. The molecule has 132 valence electrons. The number of hydrogen-bond acceptors (Lipinski definition) is 3. The molecule has 1 saturated carbocycles. The molecule has 2 amide bonds. The highest BCUT2D eigenvalue weighted by Gasteiger charge is 2.13. The molecule has 1 aliphatic carbocycles. The van der Waals surface area contributed by atoms with Crippen LogP contribution in [0.25, 0.3) is 0 Å². The second kappa shape index (κ2) is 10.1. The quantitative estimate of drug-likeness (QED) is 0.719. The van der Waals surface area contributed by atoms with Crippen molar-refractivity contribution < 1.29 is 14.3 Å². The molecule has 2 rings (SSSR count). The van der Waals surface area contributed by atoms with E-state index >= 15 is 0 Å². The third kappa shape index (κ3) is 6.71. The largest absolute Gasteiger partial charge is 0.378 e. The van der Waals surface area contributed by atoms with Crippen molar-refractivity contribution in [3.63, 3.8) is 0 Å². The molecule has 1 aromatic carbocycles. The minimum Gasteiger partial charge on any atom is -0.378 e. The second-order valence-corrected chi connectivity index (χ2v) is 6.38. The van der Waals surface area contributed by atoms with Gasteiger partial charge in [0, 0.05) is 18.7 Å². The summed E-state index contributed by atoms with van der Waals surface area (Å²) in [6, 6.07) is 7.26. The summed E-state index contributed by atoms with van der Waals surface area (Å²) in [5.74, 6) is -0.404. The third-order valence-electron chi connectivity index (χ3n) is 4.27. The van der Waals surface area contributed by atoms with E-state index in [0.29, 0.717) is 24.8 Å². The molecule has 24 heavy (non-hydrogen) atoms. The van der Waals surface area contributed by atoms with E-state index in [1.54, 1.807) is 12.1 Å². The highest BCUT2D eigenvalue weighted by molar-refractivity contribution is 5.96. The van der Waals surface area contributed by atoms with Crippen LogP contribution >= 0.6 is 0 Å². The molecule has 0 saturated heterocycles. The highest BCUT2D eigenvalue weighted by atomic mass is 16.5. The minimum absolute atomic E-state index is 0.00378. The van der Waals surface area contributed by atoms with E-state index in [9.17, 15) is 9.59 Å². The lowest BCUT2D eigenvalue weighted by molar-refractivity contribution is -0.120. The average Bonchev–Trinajstić information content (AvgIpc) is 2.61. The topological polar surface area (TPSA) is 67.4 Å². The lowest BCUT2D eigenvalue weighted by Gasteiger charge is -2.21. The van der Waals surface area contributed by atoms with Gasteiger partial charge in [-0.3, -0.25) is 9.59 Å². The second-order valence-electron chi connectivity index (χ2n) is 6.38. The first-order chi connectivity index (χ1) is 11.6. The van der Waals surface area contributed by atoms with Crippen LogP contribution in [0.4, 0.5) is 0 Å². The molecule has 0 aliphatic heterocycles. The van der Waals surface area contributed by atoms with Gasteiger partial charge in [0.1, 0.15) is 0 Å². The Bertz CT molecular complexity index is 522. The van der Waals surface area contributed by atoms with Crippen molar-refractivity contribution in [2.24, 2.45) is 0 Å². The number of hydrogen-bond donors (Lipinski definition) is 2. The summed E-state index contributed by atoms with van der Waals surface area (Å²) in [5, 5.41) is 5.43. The van der Waals surface area contributed by atoms with Crippen LogP contribution in [-0.2, 0) is 9.53 Å². The molecule has 0 spiro atoms.